The van der Waals surface area contributed by atoms with Crippen LogP contribution in [0.2, 0.25) is 0 Å². The van der Waals surface area contributed by atoms with Gasteiger partial charge >= 0.3 is 0 Å². The fourth-order valence-electron chi connectivity index (χ4n) is 3.20. The smallest absolute Gasteiger partial charge is 0.0662 e. The summed E-state index contributed by atoms with van der Waals surface area (Å²) in [5, 5.41) is 0. The summed E-state index contributed by atoms with van der Waals surface area (Å²) in [6.45, 7) is 5.02. The summed E-state index contributed by atoms with van der Waals surface area (Å²) in [4.78, 5) is 0. The molecule has 0 aromatic heterocycles. The Kier molecular flexibility index (Phi) is 4.32. The molecule has 0 unspecified atom stereocenters. The van der Waals surface area contributed by atoms with Gasteiger partial charge in [0.25, 0.3) is 0 Å². The quantitative estimate of drug-likeness (QED) is 0.881. The largest absolute Gasteiger partial charge is 0.378 e. The summed E-state index contributed by atoms with van der Waals surface area (Å²) in [7, 11) is 1.77. The van der Waals surface area contributed by atoms with Gasteiger partial charge in [0.2, 0.25) is 0 Å². The molecule has 0 radical (unpaired) electrons. The molecule has 2 heteroatoms. The van der Waals surface area contributed by atoms with Crippen LogP contribution in [0.5, 0.6) is 0 Å². The van der Waals surface area contributed by atoms with E-state index in [0.717, 1.165) is 13.0 Å². The molecule has 106 valence electrons. The van der Waals surface area contributed by atoms with Crippen LogP contribution < -0.4 is 5.73 Å². The maximum atomic E-state index is 6.04. The molecular weight excluding hydrogens is 234 g/mol. The van der Waals surface area contributed by atoms with Crippen molar-refractivity contribution in [3.8, 4) is 0 Å². The fraction of sp³-hybridized carbons (Fsp3) is 0.647. The van der Waals surface area contributed by atoms with Crippen LogP contribution >= 0.6 is 0 Å². The molecule has 0 bridgehead atoms. The number of methoxy groups -OCH3 is 1. The first-order chi connectivity index (χ1) is 9.01. The van der Waals surface area contributed by atoms with Gasteiger partial charge in [0.05, 0.1) is 5.60 Å². The van der Waals surface area contributed by atoms with Crippen molar-refractivity contribution in [3.05, 3.63) is 35.4 Å². The molecule has 0 spiro atoms. The van der Waals surface area contributed by atoms with Gasteiger partial charge in [-0.15, -0.1) is 0 Å². The van der Waals surface area contributed by atoms with Crippen molar-refractivity contribution in [3.63, 3.8) is 0 Å². The normalized spacial score (nSPS) is 18.7. The number of rotatable bonds is 5. The monoisotopic (exact) mass is 261 g/mol. The summed E-state index contributed by atoms with van der Waals surface area (Å²) in [5.41, 5.74) is 8.95. The zero-order chi connectivity index (χ0) is 13.9. The van der Waals surface area contributed by atoms with E-state index >= 15 is 0 Å². The van der Waals surface area contributed by atoms with Crippen LogP contribution in [0.25, 0.3) is 0 Å². The minimum atomic E-state index is -0.0968. The lowest BCUT2D eigenvalue weighted by atomic mass is 9.78. The van der Waals surface area contributed by atoms with Crippen molar-refractivity contribution in [2.24, 2.45) is 5.73 Å². The van der Waals surface area contributed by atoms with Crippen molar-refractivity contribution >= 4 is 0 Å². The van der Waals surface area contributed by atoms with Crippen molar-refractivity contribution in [1.82, 2.24) is 0 Å². The summed E-state index contributed by atoms with van der Waals surface area (Å²) in [5.74, 6) is 0. The van der Waals surface area contributed by atoms with Gasteiger partial charge in [-0.3, -0.25) is 0 Å². The first kappa shape index (κ1) is 14.5. The molecule has 2 N–H and O–H groups in total. The fourth-order valence-corrected chi connectivity index (χ4v) is 3.20. The second kappa shape index (κ2) is 5.64. The third-order valence-corrected chi connectivity index (χ3v) is 4.70. The molecule has 0 aliphatic heterocycles. The SMILES string of the molecule is COC(C)(C)Cc1ccc(C2(CN)CCCC2)cc1. The molecule has 0 saturated heterocycles. The number of ether oxygens (including phenoxy) is 1. The number of hydrogen-bond acceptors (Lipinski definition) is 2. The standard InChI is InChI=1S/C17H27NO/c1-16(2,19-3)12-14-6-8-15(9-7-14)17(13-18)10-4-5-11-17/h6-9H,4-5,10-13,18H2,1-3H3. The average molecular weight is 261 g/mol. The highest BCUT2D eigenvalue weighted by molar-refractivity contribution is 5.31. The molecule has 2 nitrogen and oxygen atoms in total. The summed E-state index contributed by atoms with van der Waals surface area (Å²) in [6.07, 6.45) is 6.06. The maximum absolute atomic E-state index is 6.04. The van der Waals surface area contributed by atoms with E-state index < -0.39 is 0 Å². The van der Waals surface area contributed by atoms with Crippen LogP contribution in [0.4, 0.5) is 0 Å². The van der Waals surface area contributed by atoms with E-state index in [9.17, 15) is 0 Å². The number of nitrogens with two attached hydrogens (primary N) is 1. The van der Waals surface area contributed by atoms with Crippen LogP contribution in [-0.2, 0) is 16.6 Å². The van der Waals surface area contributed by atoms with Crippen LogP contribution in [-0.4, -0.2) is 19.3 Å². The zero-order valence-electron chi connectivity index (χ0n) is 12.5. The lowest BCUT2D eigenvalue weighted by Crippen LogP contribution is -2.32. The van der Waals surface area contributed by atoms with E-state index in [1.807, 2.05) is 0 Å². The Morgan fingerprint density at radius 2 is 1.74 bits per heavy atom. The van der Waals surface area contributed by atoms with E-state index in [1.54, 1.807) is 7.11 Å². The molecule has 2 rings (SSSR count). The van der Waals surface area contributed by atoms with Gasteiger partial charge in [-0.25, -0.2) is 0 Å². The van der Waals surface area contributed by atoms with Crippen LogP contribution in [0.1, 0.15) is 50.7 Å². The maximum Gasteiger partial charge on any atom is 0.0662 e. The lowest BCUT2D eigenvalue weighted by molar-refractivity contribution is 0.0232. The Morgan fingerprint density at radius 3 is 2.21 bits per heavy atom. The molecular formula is C17H27NO. The van der Waals surface area contributed by atoms with Gasteiger partial charge < -0.3 is 10.5 Å². The third-order valence-electron chi connectivity index (χ3n) is 4.70. The van der Waals surface area contributed by atoms with Crippen LogP contribution in [0.3, 0.4) is 0 Å². The van der Waals surface area contributed by atoms with Crippen molar-refractivity contribution in [1.29, 1.82) is 0 Å². The first-order valence-corrected chi connectivity index (χ1v) is 7.36. The highest BCUT2D eigenvalue weighted by Gasteiger charge is 2.34. The molecule has 1 aromatic rings. The van der Waals surface area contributed by atoms with E-state index in [-0.39, 0.29) is 11.0 Å². The van der Waals surface area contributed by atoms with Gasteiger partial charge in [0.1, 0.15) is 0 Å². The minimum Gasteiger partial charge on any atom is -0.378 e. The Labute approximate surface area is 117 Å². The predicted octanol–water partition coefficient (Wildman–Crippen LogP) is 3.42. The molecule has 1 aliphatic rings. The van der Waals surface area contributed by atoms with Crippen molar-refractivity contribution < 1.29 is 4.74 Å². The molecule has 1 fully saturated rings. The zero-order valence-corrected chi connectivity index (χ0v) is 12.5. The predicted molar refractivity (Wildman–Crippen MR) is 80.4 cm³/mol. The van der Waals surface area contributed by atoms with Gasteiger partial charge in [0, 0.05) is 25.5 Å². The molecule has 19 heavy (non-hydrogen) atoms. The van der Waals surface area contributed by atoms with Gasteiger partial charge in [0.15, 0.2) is 0 Å². The van der Waals surface area contributed by atoms with E-state index in [1.165, 1.54) is 36.8 Å². The van der Waals surface area contributed by atoms with Crippen LogP contribution in [0, 0.1) is 0 Å². The minimum absolute atomic E-state index is 0.0968. The Morgan fingerprint density at radius 1 is 1.16 bits per heavy atom. The second-order valence-electron chi connectivity index (χ2n) is 6.53. The molecule has 1 saturated carbocycles. The topological polar surface area (TPSA) is 35.2 Å². The molecule has 1 aromatic carbocycles. The van der Waals surface area contributed by atoms with Gasteiger partial charge in [-0.05, 0) is 37.8 Å². The summed E-state index contributed by atoms with van der Waals surface area (Å²) >= 11 is 0. The van der Waals surface area contributed by atoms with E-state index in [0.29, 0.717) is 0 Å². The molecule has 0 atom stereocenters. The van der Waals surface area contributed by atoms with E-state index in [2.05, 4.69) is 38.1 Å². The Balaban J connectivity index is 2.14. The highest BCUT2D eigenvalue weighted by Crippen LogP contribution is 2.40. The lowest BCUT2D eigenvalue weighted by Gasteiger charge is -2.28. The van der Waals surface area contributed by atoms with E-state index in [4.69, 9.17) is 10.5 Å². The Bertz CT molecular complexity index is 402. The number of benzene rings is 1. The van der Waals surface area contributed by atoms with Gasteiger partial charge in [-0.2, -0.15) is 0 Å². The summed E-state index contributed by atoms with van der Waals surface area (Å²) < 4.78 is 5.49. The molecule has 0 heterocycles. The summed E-state index contributed by atoms with van der Waals surface area (Å²) in [6, 6.07) is 9.04. The van der Waals surface area contributed by atoms with Crippen LogP contribution in [0.15, 0.2) is 24.3 Å². The van der Waals surface area contributed by atoms with Crippen molar-refractivity contribution in [2.45, 2.75) is 57.0 Å². The second-order valence-corrected chi connectivity index (χ2v) is 6.53. The molecule has 0 amide bonds. The van der Waals surface area contributed by atoms with Gasteiger partial charge in [-0.1, -0.05) is 37.1 Å². The van der Waals surface area contributed by atoms with Crippen molar-refractivity contribution in [2.75, 3.05) is 13.7 Å². The number of hydrogen-bond donors (Lipinski definition) is 1. The Hall–Kier alpha value is -0.860. The molecule has 1 aliphatic carbocycles. The third kappa shape index (κ3) is 3.18. The highest BCUT2D eigenvalue weighted by atomic mass is 16.5. The average Bonchev–Trinajstić information content (AvgIpc) is 2.89. The first-order valence-electron chi connectivity index (χ1n) is 7.36.